The molecule has 1 aromatic carbocycles. The molecule has 0 aliphatic heterocycles. The van der Waals surface area contributed by atoms with Crippen LogP contribution in [-0.4, -0.2) is 24.5 Å². The van der Waals surface area contributed by atoms with Gasteiger partial charge in [-0.25, -0.2) is 0 Å². The normalized spacial score (nSPS) is 12.3. The smallest absolute Gasteiger partial charge is 0.0553 e. The van der Waals surface area contributed by atoms with Gasteiger partial charge in [-0.3, -0.25) is 4.98 Å². The van der Waals surface area contributed by atoms with Crippen molar-refractivity contribution in [2.24, 2.45) is 0 Å². The van der Waals surface area contributed by atoms with Crippen molar-refractivity contribution in [2.75, 3.05) is 19.5 Å². The van der Waals surface area contributed by atoms with Crippen LogP contribution in [0.15, 0.2) is 54.9 Å². The highest BCUT2D eigenvalue weighted by Crippen LogP contribution is 2.34. The summed E-state index contributed by atoms with van der Waals surface area (Å²) in [4.78, 5) is 4.08. The summed E-state index contributed by atoms with van der Waals surface area (Å²) in [5.41, 5.74) is 2.61. The maximum Gasteiger partial charge on any atom is 0.0553 e. The van der Waals surface area contributed by atoms with Gasteiger partial charge in [0.2, 0.25) is 0 Å². The van der Waals surface area contributed by atoms with Crippen LogP contribution in [0.3, 0.4) is 0 Å². The third-order valence-electron chi connectivity index (χ3n) is 2.68. The number of nitrogens with zero attached hydrogens (tertiary/aromatic N) is 1. The number of ether oxygens (including phenoxy) is 1. The van der Waals surface area contributed by atoms with Crippen LogP contribution in [0.1, 0.15) is 16.4 Å². The van der Waals surface area contributed by atoms with Gasteiger partial charge in [-0.15, -0.1) is 11.8 Å². The average Bonchev–Trinajstić information content (AvgIpc) is 2.46. The molecule has 1 aromatic heterocycles. The minimum atomic E-state index is 0.351. The number of hydrogen-bond donors (Lipinski definition) is 0. The highest BCUT2D eigenvalue weighted by Gasteiger charge is 2.13. The minimum absolute atomic E-state index is 0.351. The molecule has 0 bridgehead atoms. The van der Waals surface area contributed by atoms with Crippen LogP contribution in [0.5, 0.6) is 0 Å². The fourth-order valence-electron chi connectivity index (χ4n) is 1.80. The van der Waals surface area contributed by atoms with Gasteiger partial charge in [-0.2, -0.15) is 0 Å². The van der Waals surface area contributed by atoms with Gasteiger partial charge in [0.25, 0.3) is 0 Å². The van der Waals surface area contributed by atoms with Gasteiger partial charge >= 0.3 is 0 Å². The molecule has 0 saturated carbocycles. The van der Waals surface area contributed by atoms with Gasteiger partial charge in [0.15, 0.2) is 0 Å². The predicted octanol–water partition coefficient (Wildman–Crippen LogP) is 3.55. The summed E-state index contributed by atoms with van der Waals surface area (Å²) in [7, 11) is 1.74. The van der Waals surface area contributed by atoms with E-state index in [4.69, 9.17) is 4.74 Å². The number of rotatable bonds is 6. The van der Waals surface area contributed by atoms with E-state index in [1.165, 1.54) is 11.1 Å². The molecule has 2 aromatic rings. The lowest BCUT2D eigenvalue weighted by Gasteiger charge is -2.17. The van der Waals surface area contributed by atoms with Crippen molar-refractivity contribution in [3.05, 3.63) is 66.0 Å². The minimum Gasteiger partial charge on any atom is -0.384 e. The van der Waals surface area contributed by atoms with E-state index in [-0.39, 0.29) is 0 Å². The Morgan fingerprint density at radius 2 is 1.72 bits per heavy atom. The first-order valence-electron chi connectivity index (χ1n) is 5.97. The molecule has 0 spiro atoms. The van der Waals surface area contributed by atoms with Gasteiger partial charge < -0.3 is 4.74 Å². The number of methoxy groups -OCH3 is 1. The summed E-state index contributed by atoms with van der Waals surface area (Å²) in [6, 6.07) is 14.7. The lowest BCUT2D eigenvalue weighted by Crippen LogP contribution is -2.01. The summed E-state index contributed by atoms with van der Waals surface area (Å²) in [5, 5.41) is 0.351. The van der Waals surface area contributed by atoms with Gasteiger partial charge in [0, 0.05) is 25.3 Å². The zero-order valence-electron chi connectivity index (χ0n) is 10.5. The second kappa shape index (κ2) is 7.19. The van der Waals surface area contributed by atoms with Gasteiger partial charge in [-0.1, -0.05) is 30.3 Å². The Labute approximate surface area is 112 Å². The van der Waals surface area contributed by atoms with Crippen molar-refractivity contribution in [3.63, 3.8) is 0 Å². The molecule has 1 atom stereocenters. The molecule has 1 heterocycles. The molecule has 0 aliphatic carbocycles. The van der Waals surface area contributed by atoms with Crippen molar-refractivity contribution >= 4 is 11.8 Å². The first kappa shape index (κ1) is 13.1. The molecule has 94 valence electrons. The van der Waals surface area contributed by atoms with Crippen LogP contribution in [0.2, 0.25) is 0 Å². The maximum atomic E-state index is 5.13. The molecule has 2 nitrogen and oxygen atoms in total. The molecule has 0 amide bonds. The van der Waals surface area contributed by atoms with Crippen LogP contribution in [-0.2, 0) is 4.74 Å². The Kier molecular flexibility index (Phi) is 5.24. The van der Waals surface area contributed by atoms with Crippen LogP contribution < -0.4 is 0 Å². The van der Waals surface area contributed by atoms with Gasteiger partial charge in [0.05, 0.1) is 11.9 Å². The van der Waals surface area contributed by atoms with E-state index in [1.54, 1.807) is 7.11 Å². The zero-order valence-corrected chi connectivity index (χ0v) is 11.3. The number of aromatic nitrogens is 1. The maximum absolute atomic E-state index is 5.13. The van der Waals surface area contributed by atoms with E-state index in [2.05, 4.69) is 41.4 Å². The highest BCUT2D eigenvalue weighted by molar-refractivity contribution is 7.99. The molecule has 0 N–H and O–H groups in total. The third kappa shape index (κ3) is 3.59. The SMILES string of the molecule is COCCSC(c1ccccc1)c1ccncc1. The number of benzene rings is 1. The van der Waals surface area contributed by atoms with Crippen molar-refractivity contribution in [1.82, 2.24) is 4.98 Å². The molecule has 3 heteroatoms. The Bertz CT molecular complexity index is 407. The monoisotopic (exact) mass is 259 g/mol. The Balaban J connectivity index is 2.18. The topological polar surface area (TPSA) is 22.1 Å². The van der Waals surface area contributed by atoms with Gasteiger partial charge in [-0.05, 0) is 23.3 Å². The molecule has 0 saturated heterocycles. The molecule has 1 unspecified atom stereocenters. The first-order chi connectivity index (χ1) is 8.92. The molecule has 0 aliphatic rings. The largest absolute Gasteiger partial charge is 0.384 e. The summed E-state index contributed by atoms with van der Waals surface area (Å²) in [6.45, 7) is 0.777. The van der Waals surface area contributed by atoms with Crippen molar-refractivity contribution < 1.29 is 4.74 Å². The lowest BCUT2D eigenvalue weighted by molar-refractivity contribution is 0.218. The molecule has 2 rings (SSSR count). The van der Waals surface area contributed by atoms with Crippen LogP contribution >= 0.6 is 11.8 Å². The van der Waals surface area contributed by atoms with Crippen molar-refractivity contribution in [2.45, 2.75) is 5.25 Å². The molecular weight excluding hydrogens is 242 g/mol. The van der Waals surface area contributed by atoms with Crippen LogP contribution in [0.4, 0.5) is 0 Å². The van der Waals surface area contributed by atoms with E-state index in [9.17, 15) is 0 Å². The summed E-state index contributed by atoms with van der Waals surface area (Å²) in [5.74, 6) is 0.985. The van der Waals surface area contributed by atoms with E-state index in [0.29, 0.717) is 5.25 Å². The Morgan fingerprint density at radius 1 is 1.06 bits per heavy atom. The Morgan fingerprint density at radius 3 is 2.39 bits per heavy atom. The fourth-order valence-corrected chi connectivity index (χ4v) is 3.00. The van der Waals surface area contributed by atoms with Crippen molar-refractivity contribution in [1.29, 1.82) is 0 Å². The Hall–Kier alpha value is -1.32. The second-order valence-electron chi connectivity index (χ2n) is 3.93. The van der Waals surface area contributed by atoms with Gasteiger partial charge in [0.1, 0.15) is 0 Å². The average molecular weight is 259 g/mol. The van der Waals surface area contributed by atoms with Crippen molar-refractivity contribution in [3.8, 4) is 0 Å². The zero-order chi connectivity index (χ0) is 12.6. The third-order valence-corrected chi connectivity index (χ3v) is 3.96. The molecular formula is C15H17NOS. The van der Waals surface area contributed by atoms with E-state index in [0.717, 1.165) is 12.4 Å². The molecule has 0 radical (unpaired) electrons. The van der Waals surface area contributed by atoms with E-state index >= 15 is 0 Å². The highest BCUT2D eigenvalue weighted by atomic mass is 32.2. The number of pyridine rings is 1. The first-order valence-corrected chi connectivity index (χ1v) is 7.02. The summed E-state index contributed by atoms with van der Waals surface area (Å²) >= 11 is 1.90. The van der Waals surface area contributed by atoms with Crippen LogP contribution in [0, 0.1) is 0 Å². The van der Waals surface area contributed by atoms with Crippen LogP contribution in [0.25, 0.3) is 0 Å². The lowest BCUT2D eigenvalue weighted by atomic mass is 10.1. The summed E-state index contributed by atoms with van der Waals surface area (Å²) in [6.07, 6.45) is 3.70. The molecule has 0 fully saturated rings. The summed E-state index contributed by atoms with van der Waals surface area (Å²) < 4.78 is 5.13. The molecule has 18 heavy (non-hydrogen) atoms. The van der Waals surface area contributed by atoms with E-state index in [1.807, 2.05) is 30.2 Å². The standard InChI is InChI=1S/C15H17NOS/c1-17-11-12-18-15(13-5-3-2-4-6-13)14-7-9-16-10-8-14/h2-10,15H,11-12H2,1H3. The van der Waals surface area contributed by atoms with E-state index < -0.39 is 0 Å². The quantitative estimate of drug-likeness (QED) is 0.741. The predicted molar refractivity (Wildman–Crippen MR) is 76.9 cm³/mol. The second-order valence-corrected chi connectivity index (χ2v) is 5.15. The fraction of sp³-hybridized carbons (Fsp3) is 0.267. The number of hydrogen-bond acceptors (Lipinski definition) is 3. The number of thioether (sulfide) groups is 1.